The van der Waals surface area contributed by atoms with E-state index in [1.807, 2.05) is 18.2 Å². The van der Waals surface area contributed by atoms with Crippen LogP contribution in [0.2, 0.25) is 0 Å². The highest BCUT2D eigenvalue weighted by Crippen LogP contribution is 2.30. The Kier molecular flexibility index (Phi) is 10.6. The number of rotatable bonds is 12. The number of carbonyl (C=O) groups excluding carboxylic acids is 2. The van der Waals surface area contributed by atoms with Gasteiger partial charge in [-0.05, 0) is 62.7 Å². The Morgan fingerprint density at radius 2 is 1.89 bits per heavy atom. The number of aromatic nitrogens is 3. The number of nitrogens with one attached hydrogen (secondary N) is 1. The Hall–Kier alpha value is -5.43. The van der Waals surface area contributed by atoms with Crippen LogP contribution in [0.25, 0.3) is 15.9 Å². The molecule has 3 aliphatic rings. The Labute approximate surface area is 305 Å². The Morgan fingerprint density at radius 3 is 2.60 bits per heavy atom. The predicted molar refractivity (Wildman–Crippen MR) is 189 cm³/mol. The van der Waals surface area contributed by atoms with Crippen molar-refractivity contribution in [3.05, 3.63) is 94.5 Å². The zero-order chi connectivity index (χ0) is 37.1. The topological polar surface area (TPSA) is 164 Å². The molecule has 0 radical (unpaired) electrons. The van der Waals surface area contributed by atoms with E-state index in [1.165, 1.54) is 6.07 Å². The largest absolute Gasteiger partial charge is 0.480 e. The van der Waals surface area contributed by atoms with Gasteiger partial charge in [0.25, 0.3) is 5.91 Å². The molecule has 2 aromatic carbocycles. The average Bonchev–Trinajstić information content (AvgIpc) is 3.71. The lowest BCUT2D eigenvalue weighted by atomic mass is 9.93. The van der Waals surface area contributed by atoms with Crippen LogP contribution in [0, 0.1) is 12.4 Å². The summed E-state index contributed by atoms with van der Waals surface area (Å²) in [6, 6.07) is 14.1. The van der Waals surface area contributed by atoms with Crippen molar-refractivity contribution in [1.82, 2.24) is 29.7 Å². The van der Waals surface area contributed by atoms with Gasteiger partial charge >= 0.3 is 5.97 Å². The minimum atomic E-state index is -1.19. The molecule has 4 aromatic rings. The lowest BCUT2D eigenvalue weighted by molar-refractivity contribution is -0.147. The van der Waals surface area contributed by atoms with Gasteiger partial charge in [0.05, 0.1) is 49.4 Å². The fourth-order valence-corrected chi connectivity index (χ4v) is 7.16. The highest BCUT2D eigenvalue weighted by Gasteiger charge is 2.38. The predicted octanol–water partition coefficient (Wildman–Crippen LogP) is 3.64. The summed E-state index contributed by atoms with van der Waals surface area (Å²) in [5.41, 5.74) is 3.36. The van der Waals surface area contributed by atoms with Crippen LogP contribution in [-0.4, -0.2) is 103 Å². The van der Waals surface area contributed by atoms with Crippen LogP contribution >= 0.6 is 0 Å². The molecule has 0 bridgehead atoms. The first-order valence-electron chi connectivity index (χ1n) is 17.7. The van der Waals surface area contributed by atoms with E-state index in [-0.39, 0.29) is 37.3 Å². The molecule has 276 valence electrons. The minimum Gasteiger partial charge on any atom is -0.480 e. The molecule has 1 unspecified atom stereocenters. The molecule has 2 amide bonds. The number of carbonyl (C=O) groups is 3. The first-order chi connectivity index (χ1) is 25.6. The first-order valence-corrected chi connectivity index (χ1v) is 17.7. The molecule has 0 saturated carbocycles. The Balaban J connectivity index is 0.979. The summed E-state index contributed by atoms with van der Waals surface area (Å²) in [4.78, 5) is 53.7. The standard InChI is InChI=1S/C38H40FN7O7/c1-40-26-7-5-25(29(39)16-26)22-53-35-4-2-3-30(43-35)23-9-12-44(13-10-23)21-34-42-31-15-24(6-8-32(31)45(34)20-28-11-14-52-28)37(49)41-18-36(48)46-19-27(47)17-33(46)38(50)51/h2-8,15-16,23,27-28,33,47H,9-14,17-22H2,(H,41,49)(H,50,51)/t27-,28-,33?/m0/s1. The molecule has 14 nitrogen and oxygen atoms in total. The molecular weight excluding hydrogens is 685 g/mol. The zero-order valence-electron chi connectivity index (χ0n) is 29.0. The number of hydrogen-bond donors (Lipinski definition) is 3. The van der Waals surface area contributed by atoms with Crippen LogP contribution in [0.4, 0.5) is 10.1 Å². The number of hydrogen-bond acceptors (Lipinski definition) is 9. The van der Waals surface area contributed by atoms with Crippen molar-refractivity contribution in [3.63, 3.8) is 0 Å². The van der Waals surface area contributed by atoms with Crippen molar-refractivity contribution in [2.24, 2.45) is 0 Å². The lowest BCUT2D eigenvalue weighted by Gasteiger charge is -2.32. The van der Waals surface area contributed by atoms with Gasteiger partial charge in [0.15, 0.2) is 5.69 Å². The van der Waals surface area contributed by atoms with Crippen molar-refractivity contribution < 1.29 is 38.5 Å². The molecule has 15 heteroatoms. The second kappa shape index (κ2) is 15.7. The van der Waals surface area contributed by atoms with Gasteiger partial charge in [0.2, 0.25) is 11.8 Å². The van der Waals surface area contributed by atoms with Crippen molar-refractivity contribution in [2.75, 3.05) is 32.8 Å². The quantitative estimate of drug-likeness (QED) is 0.184. The number of aliphatic hydroxyl groups excluding tert-OH is 1. The number of halogens is 1. The average molecular weight is 726 g/mol. The molecule has 53 heavy (non-hydrogen) atoms. The van der Waals surface area contributed by atoms with E-state index in [4.69, 9.17) is 26.0 Å². The molecule has 2 aromatic heterocycles. The van der Waals surface area contributed by atoms with E-state index < -0.39 is 42.3 Å². The summed E-state index contributed by atoms with van der Waals surface area (Å²) in [6.07, 6.45) is 1.82. The number of imidazole rings is 1. The van der Waals surface area contributed by atoms with E-state index in [0.717, 1.165) is 60.9 Å². The number of piperidine rings is 1. The molecule has 0 spiro atoms. The van der Waals surface area contributed by atoms with Gasteiger partial charge in [-0.15, -0.1) is 0 Å². The molecule has 3 fully saturated rings. The van der Waals surface area contributed by atoms with Crippen LogP contribution in [0.15, 0.2) is 54.6 Å². The number of amides is 2. The van der Waals surface area contributed by atoms with Crippen LogP contribution in [0.3, 0.4) is 0 Å². The molecule has 3 atom stereocenters. The summed E-state index contributed by atoms with van der Waals surface area (Å²) < 4.78 is 28.1. The van der Waals surface area contributed by atoms with E-state index in [9.17, 15) is 29.0 Å². The number of carboxylic acid groups (broad SMARTS) is 1. The normalized spacial score (nSPS) is 20.5. The SMILES string of the molecule is [C-]#[N+]c1ccc(COc2cccc(C3CCN(Cc4nc5cc(C(=O)NCC(=O)N6C[C@@H](O)CC6C(=O)O)ccc5n4C[C@@H]4CCO4)CC3)n2)c(F)c1. The number of fused-ring (bicyclic) bond motifs is 1. The monoisotopic (exact) mass is 725 g/mol. The van der Waals surface area contributed by atoms with Gasteiger partial charge in [-0.25, -0.2) is 24.0 Å². The van der Waals surface area contributed by atoms with Crippen molar-refractivity contribution in [1.29, 1.82) is 0 Å². The number of carboxylic acids is 1. The Morgan fingerprint density at radius 1 is 1.08 bits per heavy atom. The summed E-state index contributed by atoms with van der Waals surface area (Å²) >= 11 is 0. The highest BCUT2D eigenvalue weighted by molar-refractivity contribution is 5.99. The van der Waals surface area contributed by atoms with Crippen molar-refractivity contribution in [3.8, 4) is 5.88 Å². The van der Waals surface area contributed by atoms with Crippen LogP contribution in [0.1, 0.15) is 59.0 Å². The molecule has 5 heterocycles. The number of likely N-dealkylation sites (tertiary alicyclic amines) is 2. The van der Waals surface area contributed by atoms with Gasteiger partial charge in [-0.1, -0.05) is 18.2 Å². The third-order valence-electron chi connectivity index (χ3n) is 10.2. The minimum absolute atomic E-state index is 0.0112. The fourth-order valence-electron chi connectivity index (χ4n) is 7.16. The third-order valence-corrected chi connectivity index (χ3v) is 10.2. The van der Waals surface area contributed by atoms with Crippen LogP contribution < -0.4 is 10.1 Å². The van der Waals surface area contributed by atoms with Crippen molar-refractivity contribution >= 4 is 34.5 Å². The van der Waals surface area contributed by atoms with Gasteiger partial charge in [-0.3, -0.25) is 14.5 Å². The highest BCUT2D eigenvalue weighted by atomic mass is 19.1. The maximum atomic E-state index is 14.3. The summed E-state index contributed by atoms with van der Waals surface area (Å²) in [5.74, 6) is -1.23. The Bertz CT molecular complexity index is 2050. The molecule has 3 N–H and O–H groups in total. The number of pyridine rings is 1. The zero-order valence-corrected chi connectivity index (χ0v) is 29.0. The number of aliphatic hydroxyl groups is 1. The van der Waals surface area contributed by atoms with Gasteiger partial charge in [0.1, 0.15) is 24.3 Å². The number of ether oxygens (including phenoxy) is 2. The molecule has 3 saturated heterocycles. The summed E-state index contributed by atoms with van der Waals surface area (Å²) in [5, 5.41) is 21.9. The van der Waals surface area contributed by atoms with Gasteiger partial charge in [0, 0.05) is 48.4 Å². The first kappa shape index (κ1) is 36.0. The van der Waals surface area contributed by atoms with E-state index in [1.54, 1.807) is 30.3 Å². The molecule has 0 aliphatic carbocycles. The number of β-amino-alcohol motifs (C(OH)–C–C–N with tert-alkyl or cyclic N) is 1. The molecule has 7 rings (SSSR count). The number of benzene rings is 2. The second-order valence-electron chi connectivity index (χ2n) is 13.7. The van der Waals surface area contributed by atoms with E-state index >= 15 is 0 Å². The summed E-state index contributed by atoms with van der Waals surface area (Å²) in [6.45, 7) is 10.2. The van der Waals surface area contributed by atoms with E-state index in [0.29, 0.717) is 35.6 Å². The smallest absolute Gasteiger partial charge is 0.326 e. The van der Waals surface area contributed by atoms with Gasteiger partial charge in [-0.2, -0.15) is 0 Å². The lowest BCUT2D eigenvalue weighted by Crippen LogP contribution is -2.45. The molecular formula is C38H40FN7O7. The number of aliphatic carboxylic acids is 1. The van der Waals surface area contributed by atoms with E-state index in [2.05, 4.69) is 19.6 Å². The fraction of sp³-hybridized carbons (Fsp3) is 0.421. The van der Waals surface area contributed by atoms with Crippen LogP contribution in [0.5, 0.6) is 5.88 Å². The summed E-state index contributed by atoms with van der Waals surface area (Å²) in [7, 11) is 0. The maximum Gasteiger partial charge on any atom is 0.326 e. The van der Waals surface area contributed by atoms with Crippen LogP contribution in [-0.2, 0) is 34.0 Å². The number of nitrogens with zero attached hydrogens (tertiary/aromatic N) is 6. The van der Waals surface area contributed by atoms with Gasteiger partial charge < -0.3 is 34.5 Å². The third kappa shape index (κ3) is 8.15. The second-order valence-corrected chi connectivity index (χ2v) is 13.7. The maximum absolute atomic E-state index is 14.3. The molecule has 3 aliphatic heterocycles. The van der Waals surface area contributed by atoms with Crippen molar-refractivity contribution in [2.45, 2.75) is 69.5 Å².